The highest BCUT2D eigenvalue weighted by atomic mass is 16.4. The van der Waals surface area contributed by atoms with Crippen molar-refractivity contribution in [3.63, 3.8) is 0 Å². The molecule has 0 unspecified atom stereocenters. The van der Waals surface area contributed by atoms with Crippen molar-refractivity contribution in [1.82, 2.24) is 14.5 Å². The molecule has 0 amide bonds. The minimum Gasteiger partial charge on any atom is -0.481 e. The smallest absolute Gasteiger partial charge is 0.306 e. The molecule has 0 bridgehead atoms. The third-order valence-corrected chi connectivity index (χ3v) is 3.52. The summed E-state index contributed by atoms with van der Waals surface area (Å²) in [4.78, 5) is 17.3. The van der Waals surface area contributed by atoms with Gasteiger partial charge in [0.25, 0.3) is 0 Å². The molecule has 1 aliphatic heterocycles. The Morgan fingerprint density at radius 2 is 2.18 bits per heavy atom. The van der Waals surface area contributed by atoms with E-state index in [9.17, 15) is 4.79 Å². The number of carbonyl (C=O) groups is 1. The van der Waals surface area contributed by atoms with E-state index in [-0.39, 0.29) is 5.92 Å². The Labute approximate surface area is 101 Å². The van der Waals surface area contributed by atoms with Gasteiger partial charge in [0.2, 0.25) is 0 Å². The Hall–Kier alpha value is -1.36. The number of hydrogen-bond donors (Lipinski definition) is 1. The van der Waals surface area contributed by atoms with Gasteiger partial charge in [0.05, 0.1) is 5.92 Å². The van der Waals surface area contributed by atoms with E-state index >= 15 is 0 Å². The summed E-state index contributed by atoms with van der Waals surface area (Å²) in [6.45, 7) is 5.69. The first-order chi connectivity index (χ1) is 8.16. The molecule has 0 aromatic carbocycles. The molecule has 2 heterocycles. The van der Waals surface area contributed by atoms with Gasteiger partial charge in [-0.3, -0.25) is 4.79 Å². The minimum atomic E-state index is -0.643. The van der Waals surface area contributed by atoms with Gasteiger partial charge in [0.15, 0.2) is 0 Å². The van der Waals surface area contributed by atoms with E-state index in [1.54, 1.807) is 0 Å². The first-order valence-corrected chi connectivity index (χ1v) is 6.09. The quantitative estimate of drug-likeness (QED) is 0.848. The summed E-state index contributed by atoms with van der Waals surface area (Å²) in [5.41, 5.74) is 0. The van der Waals surface area contributed by atoms with Crippen LogP contribution in [0.3, 0.4) is 0 Å². The summed E-state index contributed by atoms with van der Waals surface area (Å²) in [5, 5.41) is 8.91. The molecule has 2 rings (SSSR count). The van der Waals surface area contributed by atoms with Crippen LogP contribution in [0.4, 0.5) is 0 Å². The van der Waals surface area contributed by atoms with Gasteiger partial charge in [-0.2, -0.15) is 0 Å². The molecule has 0 atom stereocenters. The Morgan fingerprint density at radius 3 is 2.71 bits per heavy atom. The van der Waals surface area contributed by atoms with E-state index < -0.39 is 5.97 Å². The number of likely N-dealkylation sites (tertiary alicyclic amines) is 1. The second-order valence-electron chi connectivity index (χ2n) is 4.62. The van der Waals surface area contributed by atoms with Crippen LogP contribution in [0.2, 0.25) is 0 Å². The molecule has 1 N–H and O–H groups in total. The van der Waals surface area contributed by atoms with Crippen molar-refractivity contribution in [3.8, 4) is 0 Å². The van der Waals surface area contributed by atoms with Gasteiger partial charge in [0, 0.05) is 25.5 Å². The number of hydrogen-bond acceptors (Lipinski definition) is 3. The van der Waals surface area contributed by atoms with E-state index in [0.717, 1.165) is 44.8 Å². The van der Waals surface area contributed by atoms with Gasteiger partial charge in [0.1, 0.15) is 5.82 Å². The lowest BCUT2D eigenvalue weighted by molar-refractivity contribution is -0.143. The molecule has 5 nitrogen and oxygen atoms in total. The molecule has 1 saturated heterocycles. The molecule has 1 aromatic heterocycles. The summed E-state index contributed by atoms with van der Waals surface area (Å²) in [7, 11) is 0. The monoisotopic (exact) mass is 237 g/mol. The van der Waals surface area contributed by atoms with Gasteiger partial charge < -0.3 is 14.6 Å². The first kappa shape index (κ1) is 12.1. The number of rotatable bonds is 4. The highest BCUT2D eigenvalue weighted by Crippen LogP contribution is 2.17. The van der Waals surface area contributed by atoms with E-state index in [1.165, 1.54) is 0 Å². The van der Waals surface area contributed by atoms with Gasteiger partial charge in [-0.05, 0) is 32.9 Å². The molecule has 0 aliphatic carbocycles. The third-order valence-electron chi connectivity index (χ3n) is 3.52. The minimum absolute atomic E-state index is 0.138. The lowest BCUT2D eigenvalue weighted by Crippen LogP contribution is -2.38. The fourth-order valence-electron chi connectivity index (χ4n) is 2.29. The Morgan fingerprint density at radius 1 is 1.47 bits per heavy atom. The topological polar surface area (TPSA) is 58.4 Å². The highest BCUT2D eigenvalue weighted by molar-refractivity contribution is 5.70. The molecule has 5 heteroatoms. The van der Waals surface area contributed by atoms with Crippen molar-refractivity contribution in [3.05, 3.63) is 18.2 Å². The lowest BCUT2D eigenvalue weighted by atomic mass is 9.97. The molecule has 1 fully saturated rings. The standard InChI is InChI=1S/C12H19N3O2/c1-10-13-4-7-15(10)9-8-14-5-2-11(3-6-14)12(16)17/h4,7,11H,2-3,5-6,8-9H2,1H3,(H,16,17). The lowest BCUT2D eigenvalue weighted by Gasteiger charge is -2.30. The Balaban J connectivity index is 1.75. The van der Waals surface area contributed by atoms with Gasteiger partial charge in [-0.25, -0.2) is 4.98 Å². The number of aromatic nitrogens is 2. The number of piperidine rings is 1. The average molecular weight is 237 g/mol. The molecule has 1 aromatic rings. The van der Waals surface area contributed by atoms with Crippen molar-refractivity contribution >= 4 is 5.97 Å². The number of carboxylic acids is 1. The van der Waals surface area contributed by atoms with Crippen LogP contribution in [0.1, 0.15) is 18.7 Å². The van der Waals surface area contributed by atoms with Crippen molar-refractivity contribution in [2.24, 2.45) is 5.92 Å². The van der Waals surface area contributed by atoms with Crippen molar-refractivity contribution in [1.29, 1.82) is 0 Å². The fraction of sp³-hybridized carbons (Fsp3) is 0.667. The molecule has 0 saturated carbocycles. The summed E-state index contributed by atoms with van der Waals surface area (Å²) in [6, 6.07) is 0. The van der Waals surface area contributed by atoms with Crippen molar-refractivity contribution in [2.45, 2.75) is 26.3 Å². The van der Waals surface area contributed by atoms with Crippen LogP contribution in [-0.4, -0.2) is 45.2 Å². The zero-order chi connectivity index (χ0) is 12.3. The molecular formula is C12H19N3O2. The zero-order valence-electron chi connectivity index (χ0n) is 10.2. The molecule has 1 aliphatic rings. The second kappa shape index (κ2) is 5.31. The first-order valence-electron chi connectivity index (χ1n) is 6.09. The molecule has 94 valence electrons. The maximum absolute atomic E-state index is 10.8. The summed E-state index contributed by atoms with van der Waals surface area (Å²) >= 11 is 0. The maximum atomic E-state index is 10.8. The summed E-state index contributed by atoms with van der Waals surface area (Å²) < 4.78 is 2.13. The normalized spacial score (nSPS) is 18.4. The molecule has 0 spiro atoms. The van der Waals surface area contributed by atoms with Crippen LogP contribution < -0.4 is 0 Å². The summed E-state index contributed by atoms with van der Waals surface area (Å²) in [5.74, 6) is 0.252. The van der Waals surface area contributed by atoms with Crippen LogP contribution in [0.15, 0.2) is 12.4 Å². The van der Waals surface area contributed by atoms with Crippen molar-refractivity contribution in [2.75, 3.05) is 19.6 Å². The molecular weight excluding hydrogens is 218 g/mol. The van der Waals surface area contributed by atoms with Crippen LogP contribution in [0.25, 0.3) is 0 Å². The average Bonchev–Trinajstić information content (AvgIpc) is 2.73. The van der Waals surface area contributed by atoms with Crippen LogP contribution in [0, 0.1) is 12.8 Å². The van der Waals surface area contributed by atoms with Crippen LogP contribution in [0.5, 0.6) is 0 Å². The fourth-order valence-corrected chi connectivity index (χ4v) is 2.29. The predicted octanol–water partition coefficient (Wildman–Crippen LogP) is 0.988. The third kappa shape index (κ3) is 3.06. The van der Waals surface area contributed by atoms with Crippen molar-refractivity contribution < 1.29 is 9.90 Å². The molecule has 17 heavy (non-hydrogen) atoms. The largest absolute Gasteiger partial charge is 0.481 e. The SMILES string of the molecule is Cc1nccn1CCN1CCC(C(=O)O)CC1. The number of nitrogens with zero attached hydrogens (tertiary/aromatic N) is 3. The number of carboxylic acid groups (broad SMARTS) is 1. The van der Waals surface area contributed by atoms with Gasteiger partial charge >= 0.3 is 5.97 Å². The zero-order valence-corrected chi connectivity index (χ0v) is 10.2. The maximum Gasteiger partial charge on any atom is 0.306 e. The van der Waals surface area contributed by atoms with Crippen LogP contribution in [-0.2, 0) is 11.3 Å². The van der Waals surface area contributed by atoms with E-state index in [1.807, 2.05) is 19.3 Å². The number of imidazole rings is 1. The number of aryl methyl sites for hydroxylation is 1. The van der Waals surface area contributed by atoms with Gasteiger partial charge in [-0.15, -0.1) is 0 Å². The van der Waals surface area contributed by atoms with Crippen LogP contribution >= 0.6 is 0 Å². The second-order valence-corrected chi connectivity index (χ2v) is 4.62. The highest BCUT2D eigenvalue weighted by Gasteiger charge is 2.23. The van der Waals surface area contributed by atoms with E-state index in [2.05, 4.69) is 14.5 Å². The van der Waals surface area contributed by atoms with E-state index in [4.69, 9.17) is 5.11 Å². The molecule has 0 radical (unpaired) electrons. The summed E-state index contributed by atoms with van der Waals surface area (Å²) in [6.07, 6.45) is 5.35. The Kier molecular flexibility index (Phi) is 3.78. The number of aliphatic carboxylic acids is 1. The van der Waals surface area contributed by atoms with Gasteiger partial charge in [-0.1, -0.05) is 0 Å². The van der Waals surface area contributed by atoms with E-state index in [0.29, 0.717) is 0 Å². The Bertz CT molecular complexity index is 381. The predicted molar refractivity (Wildman–Crippen MR) is 63.8 cm³/mol.